The number of ether oxygens (including phenoxy) is 1. The summed E-state index contributed by atoms with van der Waals surface area (Å²) in [5.74, 6) is 0.209. The van der Waals surface area contributed by atoms with Crippen molar-refractivity contribution >= 4 is 27.3 Å². The molecule has 0 saturated heterocycles. The van der Waals surface area contributed by atoms with E-state index in [1.165, 1.54) is 35.7 Å². The molecule has 7 heteroatoms. The second kappa shape index (κ2) is 8.20. The van der Waals surface area contributed by atoms with Crippen LogP contribution < -0.4 is 14.4 Å². The quantitative estimate of drug-likeness (QED) is 0.672. The van der Waals surface area contributed by atoms with Crippen LogP contribution >= 0.6 is 0 Å². The van der Waals surface area contributed by atoms with Crippen molar-refractivity contribution in [3.05, 3.63) is 83.9 Å². The molecule has 0 aromatic heterocycles. The number of hydrogen-bond acceptors (Lipinski definition) is 4. The molecule has 0 atom stereocenters. The molecular formula is C23H22N2O4S. The van der Waals surface area contributed by atoms with Gasteiger partial charge in [0.2, 0.25) is 0 Å². The minimum atomic E-state index is -3.71. The Bertz CT molecular complexity index is 1170. The zero-order valence-electron chi connectivity index (χ0n) is 16.5. The smallest absolute Gasteiger partial charge is 0.264 e. The second-order valence-electron chi connectivity index (χ2n) is 6.99. The Morgan fingerprint density at radius 2 is 1.67 bits per heavy atom. The minimum absolute atomic E-state index is 0.160. The number of nitrogens with one attached hydrogen (secondary N) is 1. The van der Waals surface area contributed by atoms with Gasteiger partial charge in [0.15, 0.2) is 0 Å². The third kappa shape index (κ3) is 3.76. The zero-order valence-corrected chi connectivity index (χ0v) is 17.4. The van der Waals surface area contributed by atoms with Gasteiger partial charge in [0, 0.05) is 12.1 Å². The predicted octanol–water partition coefficient (Wildman–Crippen LogP) is 4.09. The van der Waals surface area contributed by atoms with Crippen LogP contribution in [0.3, 0.4) is 0 Å². The monoisotopic (exact) mass is 422 g/mol. The number of carbonyl (C=O) groups excluding carboxylic acids is 1. The second-order valence-corrected chi connectivity index (χ2v) is 8.85. The highest BCUT2D eigenvalue weighted by molar-refractivity contribution is 7.92. The molecule has 6 nitrogen and oxygen atoms in total. The van der Waals surface area contributed by atoms with E-state index >= 15 is 0 Å². The first-order valence-electron chi connectivity index (χ1n) is 9.66. The fraction of sp³-hybridized carbons (Fsp3) is 0.174. The Morgan fingerprint density at radius 1 is 0.967 bits per heavy atom. The number of rotatable bonds is 5. The summed E-state index contributed by atoms with van der Waals surface area (Å²) in [5, 5.41) is 2.79. The Kier molecular flexibility index (Phi) is 5.46. The topological polar surface area (TPSA) is 75.7 Å². The number of carbonyl (C=O) groups is 1. The largest absolute Gasteiger partial charge is 0.495 e. The number of para-hydroxylation sites is 3. The summed E-state index contributed by atoms with van der Waals surface area (Å²) in [6, 6.07) is 20.7. The van der Waals surface area contributed by atoms with Gasteiger partial charge in [0.05, 0.1) is 23.4 Å². The lowest BCUT2D eigenvalue weighted by Gasteiger charge is -2.30. The molecule has 154 valence electrons. The lowest BCUT2D eigenvalue weighted by atomic mass is 10.0. The van der Waals surface area contributed by atoms with E-state index in [9.17, 15) is 13.2 Å². The first kappa shape index (κ1) is 20.0. The van der Waals surface area contributed by atoms with Crippen LogP contribution in [-0.2, 0) is 16.4 Å². The summed E-state index contributed by atoms with van der Waals surface area (Å²) in [7, 11) is -2.17. The van der Waals surface area contributed by atoms with Crippen molar-refractivity contribution in [3.8, 4) is 5.75 Å². The summed E-state index contributed by atoms with van der Waals surface area (Å²) in [6.45, 7) is 0.440. The minimum Gasteiger partial charge on any atom is -0.495 e. The predicted molar refractivity (Wildman–Crippen MR) is 117 cm³/mol. The molecule has 0 fully saturated rings. The van der Waals surface area contributed by atoms with Crippen molar-refractivity contribution in [1.29, 1.82) is 0 Å². The average Bonchev–Trinajstić information content (AvgIpc) is 2.79. The van der Waals surface area contributed by atoms with Gasteiger partial charge >= 0.3 is 0 Å². The number of benzene rings is 3. The van der Waals surface area contributed by atoms with E-state index < -0.39 is 10.0 Å². The van der Waals surface area contributed by atoms with E-state index in [1.807, 2.05) is 30.3 Å². The van der Waals surface area contributed by atoms with Crippen molar-refractivity contribution in [2.45, 2.75) is 17.7 Å². The molecular weight excluding hydrogens is 400 g/mol. The van der Waals surface area contributed by atoms with Gasteiger partial charge in [0.1, 0.15) is 5.75 Å². The van der Waals surface area contributed by atoms with Crippen LogP contribution in [0.4, 0.5) is 11.4 Å². The van der Waals surface area contributed by atoms with Gasteiger partial charge in [-0.05, 0) is 60.9 Å². The van der Waals surface area contributed by atoms with Gasteiger partial charge in [0.25, 0.3) is 15.9 Å². The van der Waals surface area contributed by atoms with E-state index in [0.717, 1.165) is 24.1 Å². The van der Waals surface area contributed by atoms with Crippen LogP contribution in [-0.4, -0.2) is 28.0 Å². The van der Waals surface area contributed by atoms with Crippen LogP contribution in [0.5, 0.6) is 5.75 Å². The normalized spacial score (nSPS) is 13.4. The number of aryl methyl sites for hydroxylation is 1. The Morgan fingerprint density at radius 3 is 2.43 bits per heavy atom. The molecule has 3 aromatic rings. The molecule has 0 aliphatic carbocycles. The first-order chi connectivity index (χ1) is 14.5. The highest BCUT2D eigenvalue weighted by Gasteiger charge is 2.29. The summed E-state index contributed by atoms with van der Waals surface area (Å²) in [5.41, 5.74) is 2.66. The fourth-order valence-corrected chi connectivity index (χ4v) is 5.14. The molecule has 3 aromatic carbocycles. The number of amides is 1. The van der Waals surface area contributed by atoms with Gasteiger partial charge in [-0.1, -0.05) is 30.3 Å². The molecule has 4 rings (SSSR count). The van der Waals surface area contributed by atoms with Crippen LogP contribution in [0, 0.1) is 0 Å². The fourth-order valence-electron chi connectivity index (χ4n) is 3.60. The van der Waals surface area contributed by atoms with Crippen LogP contribution in [0.1, 0.15) is 22.3 Å². The highest BCUT2D eigenvalue weighted by atomic mass is 32.2. The van der Waals surface area contributed by atoms with Crippen molar-refractivity contribution < 1.29 is 17.9 Å². The molecule has 0 unspecified atom stereocenters. The molecule has 1 heterocycles. The lowest BCUT2D eigenvalue weighted by Crippen LogP contribution is -2.35. The lowest BCUT2D eigenvalue weighted by molar-refractivity contribution is 0.102. The highest BCUT2D eigenvalue weighted by Crippen LogP contribution is 2.32. The van der Waals surface area contributed by atoms with E-state index in [0.29, 0.717) is 23.5 Å². The average molecular weight is 423 g/mol. The third-order valence-electron chi connectivity index (χ3n) is 5.13. The standard InChI is InChI=1S/C23H22N2O4S/c1-29-22-11-5-3-9-20(22)24-23(26)18-12-14-19(15-13-18)30(27,28)25-16-6-8-17-7-2-4-10-21(17)25/h2-5,7,9-15H,6,8,16H2,1H3,(H,24,26). The van der Waals surface area contributed by atoms with E-state index in [-0.39, 0.29) is 10.8 Å². The number of methoxy groups -OCH3 is 1. The first-order valence-corrected chi connectivity index (χ1v) is 11.1. The van der Waals surface area contributed by atoms with Gasteiger partial charge in [-0.2, -0.15) is 0 Å². The Balaban J connectivity index is 1.57. The van der Waals surface area contributed by atoms with Crippen LogP contribution in [0.2, 0.25) is 0 Å². The third-order valence-corrected chi connectivity index (χ3v) is 6.95. The summed E-state index contributed by atoms with van der Waals surface area (Å²) < 4.78 is 33.1. The summed E-state index contributed by atoms with van der Waals surface area (Å²) in [4.78, 5) is 12.7. The number of hydrogen-bond donors (Lipinski definition) is 1. The van der Waals surface area contributed by atoms with Crippen molar-refractivity contribution in [2.24, 2.45) is 0 Å². The molecule has 0 spiro atoms. The SMILES string of the molecule is COc1ccccc1NC(=O)c1ccc(S(=O)(=O)N2CCCc3ccccc32)cc1. The van der Waals surface area contributed by atoms with Gasteiger partial charge in [-0.25, -0.2) is 8.42 Å². The van der Waals surface area contributed by atoms with E-state index in [4.69, 9.17) is 4.74 Å². The summed E-state index contributed by atoms with van der Waals surface area (Å²) >= 11 is 0. The molecule has 0 bridgehead atoms. The molecule has 1 N–H and O–H groups in total. The van der Waals surface area contributed by atoms with Gasteiger partial charge in [-0.3, -0.25) is 9.10 Å². The maximum atomic E-state index is 13.2. The number of fused-ring (bicyclic) bond motifs is 1. The van der Waals surface area contributed by atoms with Gasteiger partial charge < -0.3 is 10.1 Å². The van der Waals surface area contributed by atoms with Crippen LogP contribution in [0.15, 0.2) is 77.7 Å². The van der Waals surface area contributed by atoms with E-state index in [1.54, 1.807) is 18.2 Å². The maximum absolute atomic E-state index is 13.2. The van der Waals surface area contributed by atoms with Crippen molar-refractivity contribution in [2.75, 3.05) is 23.3 Å². The molecule has 30 heavy (non-hydrogen) atoms. The number of sulfonamides is 1. The van der Waals surface area contributed by atoms with E-state index in [2.05, 4.69) is 5.32 Å². The Hall–Kier alpha value is -3.32. The number of nitrogens with zero attached hydrogens (tertiary/aromatic N) is 1. The molecule has 1 amide bonds. The van der Waals surface area contributed by atoms with Crippen molar-refractivity contribution in [1.82, 2.24) is 0 Å². The maximum Gasteiger partial charge on any atom is 0.264 e. The van der Waals surface area contributed by atoms with Crippen LogP contribution in [0.25, 0.3) is 0 Å². The molecule has 1 aliphatic rings. The summed E-state index contributed by atoms with van der Waals surface area (Å²) in [6.07, 6.45) is 1.64. The van der Waals surface area contributed by atoms with Gasteiger partial charge in [-0.15, -0.1) is 0 Å². The molecule has 0 radical (unpaired) electrons. The number of anilines is 2. The molecule has 1 aliphatic heterocycles. The zero-order chi connectivity index (χ0) is 21.1. The molecule has 0 saturated carbocycles. The Labute approximate surface area is 176 Å². The van der Waals surface area contributed by atoms with Crippen molar-refractivity contribution in [3.63, 3.8) is 0 Å².